The van der Waals surface area contributed by atoms with Crippen molar-refractivity contribution in [3.63, 3.8) is 0 Å². The van der Waals surface area contributed by atoms with E-state index in [0.29, 0.717) is 6.42 Å². The lowest BCUT2D eigenvalue weighted by Gasteiger charge is -2.16. The Bertz CT molecular complexity index is 132. The number of nitrogens with two attached hydrogens (primary N) is 1. The first-order valence-electron chi connectivity index (χ1n) is 3.22. The summed E-state index contributed by atoms with van der Waals surface area (Å²) in [5.41, 5.74) is 5.45. The topological polar surface area (TPSA) is 92.8 Å². The van der Waals surface area contributed by atoms with Gasteiger partial charge in [-0.2, -0.15) is 4.21 Å². The van der Waals surface area contributed by atoms with E-state index in [4.69, 9.17) is 15.4 Å². The van der Waals surface area contributed by atoms with E-state index < -0.39 is 23.5 Å². The Morgan fingerprint density at radius 1 is 1.73 bits per heavy atom. The van der Waals surface area contributed by atoms with Gasteiger partial charge in [0.2, 0.25) is 0 Å². The maximum atomic E-state index is 10.1. The molecule has 0 saturated carbocycles. The summed E-state index contributed by atoms with van der Waals surface area (Å²) in [6, 6.07) is -0.406. The third kappa shape index (κ3) is 5.28. The van der Waals surface area contributed by atoms with Gasteiger partial charge in [-0.1, -0.05) is 0 Å². The molecule has 0 rings (SSSR count). The molecule has 0 saturated heterocycles. The second-order valence-corrected chi connectivity index (χ2v) is 2.82. The van der Waals surface area contributed by atoms with Crippen LogP contribution in [0.25, 0.3) is 0 Å². The molecule has 68 valence electrons. The molecule has 11 heavy (non-hydrogen) atoms. The van der Waals surface area contributed by atoms with Crippen LogP contribution in [-0.4, -0.2) is 32.6 Å². The third-order valence-electron chi connectivity index (χ3n) is 1.30. The van der Waals surface area contributed by atoms with Crippen LogP contribution < -0.4 is 5.73 Å². The first kappa shape index (κ1) is 11.0. The van der Waals surface area contributed by atoms with E-state index >= 15 is 0 Å². The van der Waals surface area contributed by atoms with Gasteiger partial charge in [0, 0.05) is 12.6 Å². The Hall–Kier alpha value is -0.0100. The minimum absolute atomic E-state index is 0.0487. The van der Waals surface area contributed by atoms with Gasteiger partial charge in [0.1, 0.15) is 0 Å². The Morgan fingerprint density at radius 2 is 2.27 bits per heavy atom. The Labute approximate surface area is 68.0 Å². The zero-order valence-corrected chi connectivity index (χ0v) is 7.08. The smallest absolute Gasteiger partial charge is 0.302 e. The minimum atomic E-state index is -2.28. The van der Waals surface area contributed by atoms with Gasteiger partial charge in [-0.15, -0.1) is 0 Å². The molecule has 0 fully saturated rings. The van der Waals surface area contributed by atoms with Crippen molar-refractivity contribution in [1.82, 2.24) is 0 Å². The van der Waals surface area contributed by atoms with E-state index in [2.05, 4.69) is 4.18 Å². The number of hydrogen-bond donors (Lipinski definition) is 3. The van der Waals surface area contributed by atoms with Crippen molar-refractivity contribution in [2.75, 3.05) is 6.61 Å². The monoisotopic (exact) mass is 183 g/mol. The predicted octanol–water partition coefficient (Wildman–Crippen LogP) is -0.762. The Morgan fingerprint density at radius 3 is 2.64 bits per heavy atom. The molecule has 0 amide bonds. The van der Waals surface area contributed by atoms with Crippen molar-refractivity contribution in [1.29, 1.82) is 0 Å². The summed E-state index contributed by atoms with van der Waals surface area (Å²) in [7, 11) is 0. The van der Waals surface area contributed by atoms with Crippen LogP contribution in [0.3, 0.4) is 0 Å². The van der Waals surface area contributed by atoms with E-state index in [1.807, 2.05) is 0 Å². The molecule has 3 unspecified atom stereocenters. The molecule has 0 aromatic carbocycles. The third-order valence-corrected chi connectivity index (χ3v) is 1.77. The van der Waals surface area contributed by atoms with Gasteiger partial charge >= 0.3 is 11.4 Å². The second-order valence-electron chi connectivity index (χ2n) is 2.19. The van der Waals surface area contributed by atoms with Crippen molar-refractivity contribution in [2.24, 2.45) is 5.73 Å². The fourth-order valence-corrected chi connectivity index (χ4v) is 0.987. The molecule has 0 aromatic heterocycles. The normalized spacial score (nSPS) is 19.3. The summed E-state index contributed by atoms with van der Waals surface area (Å²) in [6.07, 6.45) is -0.161. The molecule has 0 spiro atoms. The highest BCUT2D eigenvalue weighted by atomic mass is 32.2. The quantitative estimate of drug-likeness (QED) is 0.487. The molecule has 0 aliphatic heterocycles. The van der Waals surface area contributed by atoms with Crippen LogP contribution in [0.5, 0.6) is 0 Å². The molecular weight excluding hydrogens is 170 g/mol. The lowest BCUT2D eigenvalue weighted by molar-refractivity contribution is 0.168. The van der Waals surface area contributed by atoms with Crippen molar-refractivity contribution in [3.8, 4) is 0 Å². The lowest BCUT2D eigenvalue weighted by atomic mass is 10.1. The van der Waals surface area contributed by atoms with Crippen LogP contribution >= 0.6 is 0 Å². The van der Waals surface area contributed by atoms with Crippen molar-refractivity contribution >= 4 is 11.4 Å². The van der Waals surface area contributed by atoms with Crippen molar-refractivity contribution in [3.05, 3.63) is 0 Å². The summed E-state index contributed by atoms with van der Waals surface area (Å²) in [5, 5.41) is 8.45. The van der Waals surface area contributed by atoms with Gasteiger partial charge in [-0.3, -0.25) is 8.74 Å². The maximum Gasteiger partial charge on any atom is 0.302 e. The summed E-state index contributed by atoms with van der Waals surface area (Å²) in [5.74, 6) is 0. The first-order chi connectivity index (χ1) is 5.07. The van der Waals surface area contributed by atoms with Crippen LogP contribution in [0, 0.1) is 0 Å². The zero-order valence-electron chi connectivity index (χ0n) is 6.27. The van der Waals surface area contributed by atoms with Gasteiger partial charge in [-0.05, 0) is 13.3 Å². The van der Waals surface area contributed by atoms with Crippen molar-refractivity contribution < 1.29 is 18.1 Å². The fourth-order valence-electron chi connectivity index (χ4n) is 0.585. The SMILES string of the molecule is CC(OS(=O)O)C(N)CCO. The number of rotatable bonds is 5. The first-order valence-corrected chi connectivity index (χ1v) is 4.25. The van der Waals surface area contributed by atoms with E-state index in [0.717, 1.165) is 0 Å². The molecule has 3 atom stereocenters. The van der Waals surface area contributed by atoms with Gasteiger partial charge < -0.3 is 10.8 Å². The second kappa shape index (κ2) is 5.62. The molecule has 0 aromatic rings. The van der Waals surface area contributed by atoms with Crippen LogP contribution in [0.15, 0.2) is 0 Å². The van der Waals surface area contributed by atoms with E-state index in [1.54, 1.807) is 6.92 Å². The highest BCUT2D eigenvalue weighted by molar-refractivity contribution is 7.74. The maximum absolute atomic E-state index is 10.1. The standard InChI is InChI=1S/C5H13NO4S/c1-4(10-11(8)9)5(6)2-3-7/h4-5,7H,2-3,6H2,1H3,(H,8,9). The molecule has 0 bridgehead atoms. The fraction of sp³-hybridized carbons (Fsp3) is 1.00. The number of hydrogen-bond acceptors (Lipinski definition) is 4. The lowest BCUT2D eigenvalue weighted by Crippen LogP contribution is -2.35. The van der Waals surface area contributed by atoms with Gasteiger partial charge in [0.25, 0.3) is 0 Å². The summed E-state index contributed by atoms with van der Waals surface area (Å²) in [4.78, 5) is 0. The molecule has 0 aliphatic carbocycles. The molecule has 4 N–H and O–H groups in total. The molecule has 0 aliphatic rings. The van der Waals surface area contributed by atoms with Gasteiger partial charge in [0.15, 0.2) is 0 Å². The predicted molar refractivity (Wildman–Crippen MR) is 41.0 cm³/mol. The number of aliphatic hydroxyl groups is 1. The van der Waals surface area contributed by atoms with Crippen LogP contribution in [0.1, 0.15) is 13.3 Å². The average Bonchev–Trinajstić information content (AvgIpc) is 1.86. The molecular formula is C5H13NO4S. The number of aliphatic hydroxyl groups excluding tert-OH is 1. The van der Waals surface area contributed by atoms with Crippen LogP contribution in [-0.2, 0) is 15.5 Å². The van der Waals surface area contributed by atoms with Gasteiger partial charge in [-0.25, -0.2) is 0 Å². The minimum Gasteiger partial charge on any atom is -0.396 e. The highest BCUT2D eigenvalue weighted by Crippen LogP contribution is 2.00. The summed E-state index contributed by atoms with van der Waals surface area (Å²) in [6.45, 7) is 1.53. The van der Waals surface area contributed by atoms with E-state index in [1.165, 1.54) is 0 Å². The zero-order chi connectivity index (χ0) is 8.85. The van der Waals surface area contributed by atoms with Crippen LogP contribution in [0.2, 0.25) is 0 Å². The van der Waals surface area contributed by atoms with Gasteiger partial charge in [0.05, 0.1) is 6.10 Å². The van der Waals surface area contributed by atoms with Crippen molar-refractivity contribution in [2.45, 2.75) is 25.5 Å². The Balaban J connectivity index is 3.63. The molecule has 6 heteroatoms. The average molecular weight is 183 g/mol. The van der Waals surface area contributed by atoms with Crippen LogP contribution in [0.4, 0.5) is 0 Å². The molecule has 0 radical (unpaired) electrons. The largest absolute Gasteiger partial charge is 0.396 e. The molecule has 5 nitrogen and oxygen atoms in total. The summed E-state index contributed by atoms with van der Waals surface area (Å²) >= 11 is -2.28. The molecule has 0 heterocycles. The van der Waals surface area contributed by atoms with E-state index in [9.17, 15) is 4.21 Å². The van der Waals surface area contributed by atoms with E-state index in [-0.39, 0.29) is 6.61 Å². The summed E-state index contributed by atoms with van der Waals surface area (Å²) < 4.78 is 22.8. The highest BCUT2D eigenvalue weighted by Gasteiger charge is 2.14. The Kier molecular flexibility index (Phi) is 5.61.